The lowest BCUT2D eigenvalue weighted by molar-refractivity contribution is 0.103. The van der Waals surface area contributed by atoms with Crippen LogP contribution in [0.1, 0.15) is 9.67 Å². The lowest BCUT2D eigenvalue weighted by Crippen LogP contribution is -2.10. The van der Waals surface area contributed by atoms with E-state index in [1.54, 1.807) is 36.4 Å². The topological polar surface area (TPSA) is 55.1 Å². The second-order valence-corrected chi connectivity index (χ2v) is 10.2. The van der Waals surface area contributed by atoms with Crippen LogP contribution in [0.5, 0.6) is 0 Å². The number of halogens is 4. The van der Waals surface area contributed by atoms with Gasteiger partial charge >= 0.3 is 0 Å². The van der Waals surface area contributed by atoms with Gasteiger partial charge in [-0.25, -0.2) is 4.98 Å². The fourth-order valence-corrected chi connectivity index (χ4v) is 5.53. The summed E-state index contributed by atoms with van der Waals surface area (Å²) in [6, 6.07) is 16.2. The number of anilines is 1. The summed E-state index contributed by atoms with van der Waals surface area (Å²) in [5.74, 6) is 0.123. The van der Waals surface area contributed by atoms with Crippen LogP contribution >= 0.6 is 68.7 Å². The molecular weight excluding hydrogens is 590 g/mol. The van der Waals surface area contributed by atoms with Crippen molar-refractivity contribution in [2.75, 3.05) is 5.32 Å². The third kappa shape index (κ3) is 4.03. The molecule has 2 aromatic heterocycles. The number of carbonyl (C=O) groups is 1. The minimum atomic E-state index is -0.300. The van der Waals surface area contributed by atoms with Gasteiger partial charge in [0.2, 0.25) is 5.89 Å². The van der Waals surface area contributed by atoms with E-state index in [-0.39, 0.29) is 5.91 Å². The molecule has 31 heavy (non-hydrogen) atoms. The Morgan fingerprint density at radius 3 is 2.71 bits per heavy atom. The predicted octanol–water partition coefficient (Wildman–Crippen LogP) is 8.53. The largest absolute Gasteiger partial charge is 0.436 e. The van der Waals surface area contributed by atoms with E-state index in [2.05, 4.69) is 32.9 Å². The first-order valence-corrected chi connectivity index (χ1v) is 12.0. The van der Waals surface area contributed by atoms with Crippen LogP contribution < -0.4 is 5.32 Å². The van der Waals surface area contributed by atoms with E-state index in [4.69, 9.17) is 39.2 Å². The molecule has 0 aliphatic carbocycles. The number of nitrogens with zero attached hydrogens (tertiary/aromatic N) is 1. The molecule has 154 valence electrons. The van der Waals surface area contributed by atoms with Gasteiger partial charge in [0.05, 0.1) is 15.6 Å². The number of thiophene rings is 1. The molecule has 1 N–H and O–H groups in total. The smallest absolute Gasteiger partial charge is 0.267 e. The number of oxazole rings is 1. The van der Waals surface area contributed by atoms with Crippen LogP contribution in [0.15, 0.2) is 59.0 Å². The van der Waals surface area contributed by atoms with Gasteiger partial charge in [0, 0.05) is 24.4 Å². The monoisotopic (exact) mass is 598 g/mol. The fourth-order valence-electron chi connectivity index (χ4n) is 3.15. The summed E-state index contributed by atoms with van der Waals surface area (Å²) in [6.07, 6.45) is 0. The summed E-state index contributed by atoms with van der Waals surface area (Å²) in [4.78, 5) is 17.8. The normalized spacial score (nSPS) is 11.4. The van der Waals surface area contributed by atoms with Crippen LogP contribution in [0.4, 0.5) is 5.69 Å². The molecule has 5 aromatic rings. The Morgan fingerprint density at radius 1 is 1.03 bits per heavy atom. The summed E-state index contributed by atoms with van der Waals surface area (Å²) < 4.78 is 7.74. The summed E-state index contributed by atoms with van der Waals surface area (Å²) in [5.41, 5.74) is 2.50. The first-order valence-electron chi connectivity index (χ1n) is 8.94. The Labute approximate surface area is 209 Å². The van der Waals surface area contributed by atoms with Gasteiger partial charge < -0.3 is 9.73 Å². The van der Waals surface area contributed by atoms with E-state index in [1.165, 1.54) is 11.3 Å². The minimum Gasteiger partial charge on any atom is -0.436 e. The Morgan fingerprint density at radius 2 is 1.87 bits per heavy atom. The molecule has 0 radical (unpaired) electrons. The summed E-state index contributed by atoms with van der Waals surface area (Å²) in [6.45, 7) is 0. The molecule has 0 fully saturated rings. The highest BCUT2D eigenvalue weighted by molar-refractivity contribution is 14.1. The van der Waals surface area contributed by atoms with Crippen LogP contribution in [0, 0.1) is 3.57 Å². The molecule has 3 aromatic carbocycles. The summed E-state index contributed by atoms with van der Waals surface area (Å²) in [5, 5.41) is 5.24. The van der Waals surface area contributed by atoms with Crippen molar-refractivity contribution in [1.29, 1.82) is 0 Å². The second-order valence-electron chi connectivity index (χ2n) is 6.67. The van der Waals surface area contributed by atoms with Crippen LogP contribution in [0.25, 0.3) is 32.6 Å². The molecule has 0 atom stereocenters. The van der Waals surface area contributed by atoms with Crippen molar-refractivity contribution in [1.82, 2.24) is 4.98 Å². The van der Waals surface area contributed by atoms with Gasteiger partial charge in [-0.2, -0.15) is 0 Å². The van der Waals surface area contributed by atoms with E-state index in [1.807, 2.05) is 18.2 Å². The zero-order valence-electron chi connectivity index (χ0n) is 15.4. The molecule has 0 spiro atoms. The first kappa shape index (κ1) is 21.0. The molecule has 5 rings (SSSR count). The standard InChI is InChI=1S/C22H10Cl3IN2O2S/c23-10-1-4-13-18(7-10)31-20(19(13)25)21(29)27-12-3-6-17-16(9-12)28-22(30-17)14-8-11(26)2-5-15(14)24/h1-9H,(H,27,29). The fraction of sp³-hybridized carbons (Fsp3) is 0. The molecule has 0 bridgehead atoms. The maximum atomic E-state index is 12.9. The molecule has 1 amide bonds. The van der Waals surface area contributed by atoms with Crippen molar-refractivity contribution < 1.29 is 9.21 Å². The van der Waals surface area contributed by atoms with Gasteiger partial charge in [-0.05, 0) is 71.1 Å². The van der Waals surface area contributed by atoms with E-state index in [0.29, 0.717) is 48.2 Å². The highest BCUT2D eigenvalue weighted by Gasteiger charge is 2.18. The molecule has 0 unspecified atom stereocenters. The number of amides is 1. The molecule has 0 aliphatic heterocycles. The lowest BCUT2D eigenvalue weighted by Gasteiger charge is -2.03. The van der Waals surface area contributed by atoms with Gasteiger partial charge in [-0.1, -0.05) is 40.9 Å². The molecule has 4 nitrogen and oxygen atoms in total. The highest BCUT2D eigenvalue weighted by atomic mass is 127. The first-order chi connectivity index (χ1) is 14.9. The number of fused-ring (bicyclic) bond motifs is 2. The molecule has 2 heterocycles. The van der Waals surface area contributed by atoms with Crippen molar-refractivity contribution in [2.24, 2.45) is 0 Å². The SMILES string of the molecule is O=C(Nc1ccc2oc(-c3cc(I)ccc3Cl)nc2c1)c1sc2cc(Cl)ccc2c1Cl. The zero-order valence-corrected chi connectivity index (χ0v) is 20.6. The van der Waals surface area contributed by atoms with E-state index in [0.717, 1.165) is 13.7 Å². The molecule has 0 saturated heterocycles. The van der Waals surface area contributed by atoms with Crippen LogP contribution in [0.3, 0.4) is 0 Å². The number of rotatable bonds is 3. The van der Waals surface area contributed by atoms with Crippen molar-refractivity contribution in [3.63, 3.8) is 0 Å². The number of hydrogen-bond acceptors (Lipinski definition) is 4. The second kappa shape index (κ2) is 8.26. The van der Waals surface area contributed by atoms with Crippen LogP contribution in [-0.4, -0.2) is 10.9 Å². The predicted molar refractivity (Wildman–Crippen MR) is 137 cm³/mol. The number of carbonyl (C=O) groups excluding carboxylic acids is 1. The Hall–Kier alpha value is -1.84. The maximum Gasteiger partial charge on any atom is 0.267 e. The van der Waals surface area contributed by atoms with Crippen LogP contribution in [-0.2, 0) is 0 Å². The quantitative estimate of drug-likeness (QED) is 0.212. The average molecular weight is 600 g/mol. The Kier molecular flexibility index (Phi) is 5.60. The minimum absolute atomic E-state index is 0.300. The van der Waals surface area contributed by atoms with Gasteiger partial charge in [0.25, 0.3) is 5.91 Å². The van der Waals surface area contributed by atoms with Crippen molar-refractivity contribution in [3.8, 4) is 11.5 Å². The van der Waals surface area contributed by atoms with Crippen molar-refractivity contribution >= 4 is 102 Å². The number of aromatic nitrogens is 1. The van der Waals surface area contributed by atoms with Gasteiger partial charge in [0.1, 0.15) is 10.4 Å². The number of benzene rings is 3. The van der Waals surface area contributed by atoms with E-state index >= 15 is 0 Å². The van der Waals surface area contributed by atoms with Gasteiger partial charge in [0.15, 0.2) is 5.58 Å². The number of nitrogens with one attached hydrogen (secondary N) is 1. The van der Waals surface area contributed by atoms with Gasteiger partial charge in [-0.15, -0.1) is 11.3 Å². The third-order valence-corrected chi connectivity index (χ3v) is 7.49. The van der Waals surface area contributed by atoms with Gasteiger partial charge in [-0.3, -0.25) is 4.79 Å². The molecule has 0 saturated carbocycles. The third-order valence-electron chi connectivity index (χ3n) is 4.60. The molecule has 0 aliphatic rings. The summed E-state index contributed by atoms with van der Waals surface area (Å²) in [7, 11) is 0. The lowest BCUT2D eigenvalue weighted by atomic mass is 10.2. The molecular formula is C22H10Cl3IN2O2S. The highest BCUT2D eigenvalue weighted by Crippen LogP contribution is 2.37. The number of hydrogen-bond donors (Lipinski definition) is 1. The maximum absolute atomic E-state index is 12.9. The zero-order chi connectivity index (χ0) is 21.7. The Balaban J connectivity index is 1.46. The molecule has 9 heteroatoms. The van der Waals surface area contributed by atoms with E-state index in [9.17, 15) is 4.79 Å². The van der Waals surface area contributed by atoms with Crippen LogP contribution in [0.2, 0.25) is 15.1 Å². The van der Waals surface area contributed by atoms with Crippen molar-refractivity contribution in [3.05, 3.63) is 78.1 Å². The van der Waals surface area contributed by atoms with E-state index < -0.39 is 0 Å². The average Bonchev–Trinajstić information content (AvgIpc) is 3.30. The van der Waals surface area contributed by atoms with Crippen molar-refractivity contribution in [2.45, 2.75) is 0 Å². The summed E-state index contributed by atoms with van der Waals surface area (Å²) >= 11 is 22.3. The Bertz CT molecular complexity index is 1500.